The van der Waals surface area contributed by atoms with Crippen LogP contribution in [-0.4, -0.2) is 70.9 Å². The number of aromatic nitrogens is 4. The third kappa shape index (κ3) is 11.5. The zero-order valence-electron chi connectivity index (χ0n) is 38.1. The number of anilines is 5. The van der Waals surface area contributed by atoms with Gasteiger partial charge in [-0.25, -0.2) is 23.7 Å². The van der Waals surface area contributed by atoms with E-state index in [0.717, 1.165) is 97.1 Å². The number of alkyl halides is 3. The van der Waals surface area contributed by atoms with Gasteiger partial charge < -0.3 is 30.1 Å². The second kappa shape index (κ2) is 21.0. The molecule has 0 saturated carbocycles. The molecule has 2 aliphatic heterocycles. The fourth-order valence-electron chi connectivity index (χ4n) is 8.95. The molecule has 2 N–H and O–H groups in total. The Balaban J connectivity index is 0.000000178. The molecule has 0 aliphatic carbocycles. The van der Waals surface area contributed by atoms with Crippen LogP contribution in [0.4, 0.5) is 50.5 Å². The van der Waals surface area contributed by atoms with Crippen molar-refractivity contribution >= 4 is 62.6 Å². The van der Waals surface area contributed by atoms with Gasteiger partial charge >= 0.3 is 6.36 Å². The largest absolute Gasteiger partial charge is 0.573 e. The van der Waals surface area contributed by atoms with E-state index >= 15 is 0 Å². The SMILES string of the molecule is CCc1nc2ccc(Cl)cn2c1C(=O)NCc1ccc(N2CCC(c3ccc(OC(F)(F)F)cc3)CC2)cc1.Fc1ccc(N2CCN(c3ccc(Nc4ncnc5cc(F)ccc45)cc3)CC2)cc1. The monoisotopic (exact) mass is 973 g/mol. The molecule has 0 spiro atoms. The van der Waals surface area contributed by atoms with Gasteiger partial charge in [0.25, 0.3) is 5.91 Å². The van der Waals surface area contributed by atoms with Crippen LogP contribution in [-0.2, 0) is 13.0 Å². The van der Waals surface area contributed by atoms with E-state index in [1.807, 2.05) is 43.3 Å². The number of hydrogen-bond acceptors (Lipinski definition) is 9. The first kappa shape index (κ1) is 47.6. The molecule has 1 amide bonds. The third-order valence-electron chi connectivity index (χ3n) is 12.6. The molecule has 10 rings (SSSR count). The van der Waals surface area contributed by atoms with Crippen molar-refractivity contribution in [3.8, 4) is 5.75 Å². The first-order valence-electron chi connectivity index (χ1n) is 23.0. The molecule has 2 fully saturated rings. The summed E-state index contributed by atoms with van der Waals surface area (Å²) in [6.07, 6.45) is 0.884. The zero-order valence-corrected chi connectivity index (χ0v) is 38.9. The number of fused-ring (bicyclic) bond motifs is 2. The van der Waals surface area contributed by atoms with Gasteiger partial charge in [0.2, 0.25) is 0 Å². The molecule has 2 saturated heterocycles. The highest BCUT2D eigenvalue weighted by atomic mass is 35.5. The van der Waals surface area contributed by atoms with E-state index in [2.05, 4.69) is 69.3 Å². The Labute approximate surface area is 406 Å². The Bertz CT molecular complexity index is 3050. The van der Waals surface area contributed by atoms with E-state index < -0.39 is 6.36 Å². The lowest BCUT2D eigenvalue weighted by Crippen LogP contribution is -2.46. The quantitative estimate of drug-likeness (QED) is 0.123. The number of ether oxygens (including phenoxy) is 1. The van der Waals surface area contributed by atoms with Crippen molar-refractivity contribution in [2.24, 2.45) is 0 Å². The van der Waals surface area contributed by atoms with Gasteiger partial charge in [-0.15, -0.1) is 13.2 Å². The predicted molar refractivity (Wildman–Crippen MR) is 265 cm³/mol. The average Bonchev–Trinajstić information content (AvgIpc) is 3.74. The molecule has 8 aromatic rings. The van der Waals surface area contributed by atoms with E-state index in [0.29, 0.717) is 40.7 Å². The number of nitrogens with zero attached hydrogens (tertiary/aromatic N) is 7. The Morgan fingerprint density at radius 1 is 0.729 bits per heavy atom. The maximum atomic E-state index is 13.4. The molecule has 0 atom stereocenters. The molecule has 11 nitrogen and oxygen atoms in total. The Morgan fingerprint density at radius 3 is 1.96 bits per heavy atom. The minimum atomic E-state index is -4.68. The summed E-state index contributed by atoms with van der Waals surface area (Å²) in [7, 11) is 0. The number of imidazole rings is 1. The number of carbonyl (C=O) groups is 1. The molecular formula is C53H49ClF5N9O2. The summed E-state index contributed by atoms with van der Waals surface area (Å²) >= 11 is 6.14. The summed E-state index contributed by atoms with van der Waals surface area (Å²) in [5.41, 5.74) is 8.67. The van der Waals surface area contributed by atoms with Crippen molar-refractivity contribution < 1.29 is 31.5 Å². The van der Waals surface area contributed by atoms with Crippen molar-refractivity contribution in [2.45, 2.75) is 45.0 Å². The molecule has 0 bridgehead atoms. The minimum Gasteiger partial charge on any atom is -0.406 e. The topological polar surface area (TPSA) is 103 Å². The van der Waals surface area contributed by atoms with Gasteiger partial charge in [0.15, 0.2) is 0 Å². The number of nitrogens with one attached hydrogen (secondary N) is 2. The molecule has 17 heteroatoms. The van der Waals surface area contributed by atoms with Gasteiger partial charge in [0, 0.05) is 86.2 Å². The smallest absolute Gasteiger partial charge is 0.406 e. The average molecular weight is 974 g/mol. The zero-order chi connectivity index (χ0) is 48.8. The van der Waals surface area contributed by atoms with Crippen LogP contribution >= 0.6 is 11.6 Å². The van der Waals surface area contributed by atoms with E-state index in [9.17, 15) is 26.7 Å². The van der Waals surface area contributed by atoms with E-state index in [1.54, 1.807) is 40.9 Å². The molecule has 0 radical (unpaired) electrons. The number of aryl methyl sites for hydroxylation is 1. The van der Waals surface area contributed by atoms with Crippen LogP contribution in [0.1, 0.15) is 53.0 Å². The number of piperidine rings is 1. The van der Waals surface area contributed by atoms with Crippen LogP contribution in [0.5, 0.6) is 5.75 Å². The molecule has 70 heavy (non-hydrogen) atoms. The van der Waals surface area contributed by atoms with E-state index in [-0.39, 0.29) is 29.2 Å². The molecular weight excluding hydrogens is 925 g/mol. The number of hydrogen-bond donors (Lipinski definition) is 2. The first-order chi connectivity index (χ1) is 33.8. The first-order valence-corrected chi connectivity index (χ1v) is 23.4. The van der Waals surface area contributed by atoms with Crippen molar-refractivity contribution in [1.29, 1.82) is 0 Å². The van der Waals surface area contributed by atoms with Gasteiger partial charge in [-0.05, 0) is 133 Å². The second-order valence-corrected chi connectivity index (χ2v) is 17.5. The van der Waals surface area contributed by atoms with E-state index in [4.69, 9.17) is 11.6 Å². The number of pyridine rings is 1. The maximum Gasteiger partial charge on any atom is 0.573 e. The lowest BCUT2D eigenvalue weighted by molar-refractivity contribution is -0.274. The van der Waals surface area contributed by atoms with Crippen molar-refractivity contribution in [3.05, 3.63) is 179 Å². The molecule has 5 heterocycles. The number of piperazine rings is 1. The highest BCUT2D eigenvalue weighted by molar-refractivity contribution is 6.30. The van der Waals surface area contributed by atoms with Crippen LogP contribution in [0.2, 0.25) is 5.02 Å². The third-order valence-corrected chi connectivity index (χ3v) is 12.8. The second-order valence-electron chi connectivity index (χ2n) is 17.1. The van der Waals surface area contributed by atoms with Gasteiger partial charge in [-0.1, -0.05) is 42.8 Å². The van der Waals surface area contributed by atoms with Crippen LogP contribution in [0, 0.1) is 11.6 Å². The number of amides is 1. The van der Waals surface area contributed by atoms with Crippen LogP contribution in [0.25, 0.3) is 16.6 Å². The standard InChI is InChI=1S/C29H28ClF3N4O2.C24H21F2N5/c1-2-25-27(37-18-22(30)7-12-26(37)35-25)28(38)34-17-19-3-8-23(9-4-19)36-15-13-21(14-16-36)20-5-10-24(11-6-20)39-29(31,32)33;25-17-1-6-20(7-2-17)30-11-13-31(14-12-30)21-8-4-19(5-9-21)29-24-22-10-3-18(26)15-23(22)27-16-28-24/h3-12,18,21H,2,13-17H2,1H3,(H,34,38);1-10,15-16H,11-14H2,(H,27,28,29). The summed E-state index contributed by atoms with van der Waals surface area (Å²) in [6.45, 7) is 7.59. The van der Waals surface area contributed by atoms with Gasteiger partial charge in [-0.2, -0.15) is 0 Å². The summed E-state index contributed by atoms with van der Waals surface area (Å²) in [4.78, 5) is 32.9. The molecule has 0 unspecified atom stereocenters. The van der Waals surface area contributed by atoms with Gasteiger partial charge in [0.1, 0.15) is 40.9 Å². The minimum absolute atomic E-state index is 0.200. The van der Waals surface area contributed by atoms with Crippen molar-refractivity contribution in [3.63, 3.8) is 0 Å². The summed E-state index contributed by atoms with van der Waals surface area (Å²) in [5, 5.41) is 7.60. The van der Waals surface area contributed by atoms with Crippen molar-refractivity contribution in [2.75, 3.05) is 59.3 Å². The van der Waals surface area contributed by atoms with Crippen molar-refractivity contribution in [1.82, 2.24) is 24.7 Å². The number of carbonyl (C=O) groups excluding carboxylic acids is 1. The molecule has 2 aliphatic rings. The summed E-state index contributed by atoms with van der Waals surface area (Å²) < 4.78 is 69.5. The normalized spacial score (nSPS) is 14.4. The maximum absolute atomic E-state index is 13.4. The van der Waals surface area contributed by atoms with Crippen LogP contribution in [0.3, 0.4) is 0 Å². The van der Waals surface area contributed by atoms with Gasteiger partial charge in [0.05, 0.1) is 16.2 Å². The Hall–Kier alpha value is -7.46. The lowest BCUT2D eigenvalue weighted by atomic mass is 9.89. The Kier molecular flexibility index (Phi) is 14.3. The molecule has 5 aromatic carbocycles. The van der Waals surface area contributed by atoms with Gasteiger partial charge in [-0.3, -0.25) is 9.20 Å². The number of halogens is 6. The summed E-state index contributed by atoms with van der Waals surface area (Å²) in [6, 6.07) is 37.2. The summed E-state index contributed by atoms with van der Waals surface area (Å²) in [5.74, 6) is 0.00238. The highest BCUT2D eigenvalue weighted by Crippen LogP contribution is 2.33. The van der Waals surface area contributed by atoms with E-state index in [1.165, 1.54) is 42.7 Å². The lowest BCUT2D eigenvalue weighted by Gasteiger charge is -2.37. The fourth-order valence-corrected chi connectivity index (χ4v) is 9.12. The van der Waals surface area contributed by atoms with Crippen LogP contribution < -0.4 is 30.1 Å². The number of rotatable bonds is 11. The Morgan fingerprint density at radius 2 is 1.33 bits per heavy atom. The number of benzene rings is 5. The molecule has 360 valence electrons. The fraction of sp³-hybridized carbons (Fsp3) is 0.245. The molecule has 3 aromatic heterocycles. The van der Waals surface area contributed by atoms with Crippen LogP contribution in [0.15, 0.2) is 140 Å². The highest BCUT2D eigenvalue weighted by Gasteiger charge is 2.31. The predicted octanol–water partition coefficient (Wildman–Crippen LogP) is 11.7.